The number of carboxylic acid groups (broad SMARTS) is 1. The van der Waals surface area contributed by atoms with E-state index in [1.165, 1.54) is 12.3 Å². The van der Waals surface area contributed by atoms with E-state index in [4.69, 9.17) is 10.2 Å². The van der Waals surface area contributed by atoms with Crippen LogP contribution in [0.4, 0.5) is 0 Å². The molecule has 0 aliphatic carbocycles. The van der Waals surface area contributed by atoms with Gasteiger partial charge in [-0.1, -0.05) is 0 Å². The van der Waals surface area contributed by atoms with Crippen LogP contribution in [0.5, 0.6) is 0 Å². The van der Waals surface area contributed by atoms with Gasteiger partial charge in [-0.3, -0.25) is 0 Å². The van der Waals surface area contributed by atoms with Gasteiger partial charge in [0.2, 0.25) is 0 Å². The molecule has 0 aliphatic heterocycles. The average Bonchev–Trinajstić information content (AvgIpc) is 2.51. The Morgan fingerprint density at radius 2 is 2.27 bits per heavy atom. The molecular weight excluding hydrogens is 196 g/mol. The van der Waals surface area contributed by atoms with Crippen LogP contribution < -0.4 is 0 Å². The first-order valence-electron chi connectivity index (χ1n) is 4.43. The van der Waals surface area contributed by atoms with E-state index in [9.17, 15) is 4.79 Å². The van der Waals surface area contributed by atoms with Crippen LogP contribution in [-0.2, 0) is 6.73 Å². The third-order valence-corrected chi connectivity index (χ3v) is 2.36. The van der Waals surface area contributed by atoms with Crippen molar-refractivity contribution < 1.29 is 15.0 Å². The minimum absolute atomic E-state index is 0.0117. The number of hydrogen-bond donors (Lipinski definition) is 2. The molecule has 0 bridgehead atoms. The summed E-state index contributed by atoms with van der Waals surface area (Å²) in [6, 6.07) is 3.32. The summed E-state index contributed by atoms with van der Waals surface area (Å²) in [5.41, 5.74) is 1.62. The Bertz CT molecular complexity index is 531. The number of pyridine rings is 1. The lowest BCUT2D eigenvalue weighted by molar-refractivity contribution is 0.0690. The Morgan fingerprint density at radius 1 is 1.53 bits per heavy atom. The largest absolute Gasteiger partial charge is 0.477 e. The third-order valence-electron chi connectivity index (χ3n) is 2.36. The van der Waals surface area contributed by atoms with Crippen molar-refractivity contribution in [1.29, 1.82) is 0 Å². The van der Waals surface area contributed by atoms with Crippen LogP contribution in [0.2, 0.25) is 0 Å². The van der Waals surface area contributed by atoms with Gasteiger partial charge < -0.3 is 14.8 Å². The van der Waals surface area contributed by atoms with E-state index >= 15 is 0 Å². The number of rotatable bonds is 2. The van der Waals surface area contributed by atoms with Crippen LogP contribution >= 0.6 is 0 Å². The maximum absolute atomic E-state index is 10.7. The predicted octanol–water partition coefficient (Wildman–Crippen LogP) is 0.993. The minimum Gasteiger partial charge on any atom is -0.477 e. The molecule has 0 fully saturated rings. The summed E-state index contributed by atoms with van der Waals surface area (Å²) in [4.78, 5) is 14.5. The smallest absolute Gasteiger partial charge is 0.354 e. The molecule has 2 aromatic heterocycles. The van der Waals surface area contributed by atoms with Gasteiger partial charge >= 0.3 is 5.97 Å². The summed E-state index contributed by atoms with van der Waals surface area (Å²) in [7, 11) is 0. The Labute approximate surface area is 85.6 Å². The lowest BCUT2D eigenvalue weighted by Gasteiger charge is -2.02. The molecule has 5 nitrogen and oxygen atoms in total. The highest BCUT2D eigenvalue weighted by Gasteiger charge is 2.09. The van der Waals surface area contributed by atoms with Crippen LogP contribution in [0.25, 0.3) is 10.9 Å². The van der Waals surface area contributed by atoms with Gasteiger partial charge in [0.15, 0.2) is 0 Å². The number of fused-ring (bicyclic) bond motifs is 1. The second kappa shape index (κ2) is 3.36. The molecule has 0 aliphatic rings. The molecular formula is C10H10N2O3. The van der Waals surface area contributed by atoms with Crippen molar-refractivity contribution in [2.45, 2.75) is 13.7 Å². The SMILES string of the molecule is Cc1cc2cc(C(=O)O)ncc2n1CO. The number of aryl methyl sites for hydroxylation is 1. The van der Waals surface area contributed by atoms with E-state index in [1.807, 2.05) is 13.0 Å². The molecule has 2 N–H and O–H groups in total. The van der Waals surface area contributed by atoms with Gasteiger partial charge in [0.05, 0.1) is 11.7 Å². The van der Waals surface area contributed by atoms with Crippen molar-refractivity contribution in [3.8, 4) is 0 Å². The molecule has 2 heterocycles. The third kappa shape index (κ3) is 1.46. The first-order chi connectivity index (χ1) is 7.13. The number of aromatic nitrogens is 2. The fraction of sp³-hybridized carbons (Fsp3) is 0.200. The number of nitrogens with zero attached hydrogens (tertiary/aromatic N) is 2. The van der Waals surface area contributed by atoms with Crippen molar-refractivity contribution in [1.82, 2.24) is 9.55 Å². The minimum atomic E-state index is -1.05. The van der Waals surface area contributed by atoms with Gasteiger partial charge in [-0.15, -0.1) is 0 Å². The zero-order chi connectivity index (χ0) is 11.0. The molecule has 15 heavy (non-hydrogen) atoms. The standard InChI is InChI=1S/C10H10N2O3/c1-6-2-7-3-8(10(14)15)11-4-9(7)12(6)5-13/h2-4,13H,5H2,1H3,(H,14,15). The summed E-state index contributed by atoms with van der Waals surface area (Å²) in [6.07, 6.45) is 1.46. The van der Waals surface area contributed by atoms with Crippen molar-refractivity contribution in [2.75, 3.05) is 0 Å². The van der Waals surface area contributed by atoms with Gasteiger partial charge in [0, 0.05) is 11.1 Å². The summed E-state index contributed by atoms with van der Waals surface area (Å²) >= 11 is 0. The quantitative estimate of drug-likeness (QED) is 0.768. The Hall–Kier alpha value is -1.88. The molecule has 2 rings (SSSR count). The normalized spacial score (nSPS) is 10.8. The second-order valence-electron chi connectivity index (χ2n) is 3.29. The van der Waals surface area contributed by atoms with Crippen molar-refractivity contribution in [2.24, 2.45) is 0 Å². The number of aromatic carboxylic acids is 1. The Balaban J connectivity index is 2.69. The summed E-state index contributed by atoms with van der Waals surface area (Å²) < 4.78 is 1.66. The molecule has 0 amide bonds. The predicted molar refractivity (Wildman–Crippen MR) is 53.6 cm³/mol. The number of hydrogen-bond acceptors (Lipinski definition) is 3. The zero-order valence-corrected chi connectivity index (χ0v) is 8.14. The van der Waals surface area contributed by atoms with Crippen molar-refractivity contribution >= 4 is 16.9 Å². The highest BCUT2D eigenvalue weighted by atomic mass is 16.4. The Morgan fingerprint density at radius 3 is 2.87 bits per heavy atom. The van der Waals surface area contributed by atoms with E-state index in [0.717, 1.165) is 16.6 Å². The summed E-state index contributed by atoms with van der Waals surface area (Å²) in [5, 5.41) is 18.6. The van der Waals surface area contributed by atoms with Crippen LogP contribution in [0.15, 0.2) is 18.3 Å². The number of aliphatic hydroxyl groups is 1. The van der Waals surface area contributed by atoms with E-state index in [-0.39, 0.29) is 12.4 Å². The Kier molecular flexibility index (Phi) is 2.17. The van der Waals surface area contributed by atoms with Crippen molar-refractivity contribution in [3.63, 3.8) is 0 Å². The molecule has 0 radical (unpaired) electrons. The van der Waals surface area contributed by atoms with Crippen LogP contribution in [0.1, 0.15) is 16.2 Å². The molecule has 2 aromatic rings. The molecule has 0 spiro atoms. The van der Waals surface area contributed by atoms with Gasteiger partial charge in [0.1, 0.15) is 12.4 Å². The number of aliphatic hydroxyl groups excluding tert-OH is 1. The van der Waals surface area contributed by atoms with Crippen LogP contribution in [0.3, 0.4) is 0 Å². The first-order valence-corrected chi connectivity index (χ1v) is 4.43. The lowest BCUT2D eigenvalue weighted by atomic mass is 10.2. The fourth-order valence-corrected chi connectivity index (χ4v) is 1.60. The molecule has 0 atom stereocenters. The molecule has 0 unspecified atom stereocenters. The molecule has 5 heteroatoms. The molecule has 0 saturated heterocycles. The zero-order valence-electron chi connectivity index (χ0n) is 8.14. The maximum Gasteiger partial charge on any atom is 0.354 e. The summed E-state index contributed by atoms with van der Waals surface area (Å²) in [6.45, 7) is 1.71. The first kappa shape index (κ1) is 9.67. The van der Waals surface area contributed by atoms with Crippen LogP contribution in [-0.4, -0.2) is 25.7 Å². The van der Waals surface area contributed by atoms with E-state index in [1.54, 1.807) is 4.57 Å². The molecule has 0 aromatic carbocycles. The summed E-state index contributed by atoms with van der Waals surface area (Å²) in [5.74, 6) is -1.05. The monoisotopic (exact) mass is 206 g/mol. The van der Waals surface area contributed by atoms with Gasteiger partial charge in [-0.25, -0.2) is 9.78 Å². The van der Waals surface area contributed by atoms with E-state index in [0.29, 0.717) is 0 Å². The van der Waals surface area contributed by atoms with Crippen molar-refractivity contribution in [3.05, 3.63) is 29.7 Å². The van der Waals surface area contributed by atoms with E-state index in [2.05, 4.69) is 4.98 Å². The topological polar surface area (TPSA) is 75.3 Å². The lowest BCUT2D eigenvalue weighted by Crippen LogP contribution is -2.01. The highest BCUT2D eigenvalue weighted by molar-refractivity contribution is 5.91. The molecule has 78 valence electrons. The number of carboxylic acids is 1. The van der Waals surface area contributed by atoms with Gasteiger partial charge in [-0.2, -0.15) is 0 Å². The maximum atomic E-state index is 10.7. The number of carbonyl (C=O) groups is 1. The fourth-order valence-electron chi connectivity index (χ4n) is 1.60. The average molecular weight is 206 g/mol. The van der Waals surface area contributed by atoms with Crippen LogP contribution in [0, 0.1) is 6.92 Å². The molecule has 0 saturated carbocycles. The highest BCUT2D eigenvalue weighted by Crippen LogP contribution is 2.19. The van der Waals surface area contributed by atoms with E-state index < -0.39 is 5.97 Å². The van der Waals surface area contributed by atoms with Gasteiger partial charge in [-0.05, 0) is 19.1 Å². The van der Waals surface area contributed by atoms with Gasteiger partial charge in [0.25, 0.3) is 0 Å². The second-order valence-corrected chi connectivity index (χ2v) is 3.29.